The number of amides is 1. The molecule has 3 rings (SSSR count). The molecule has 0 atom stereocenters. The minimum Gasteiger partial charge on any atom is -0.481 e. The van der Waals surface area contributed by atoms with E-state index < -0.39 is 11.9 Å². The average Bonchev–Trinajstić information content (AvgIpc) is 3.21. The van der Waals surface area contributed by atoms with Crippen LogP contribution in [0.5, 0.6) is 0 Å². The molecule has 0 fully saturated rings. The van der Waals surface area contributed by atoms with Gasteiger partial charge in [-0.05, 0) is 37.6 Å². The molecule has 0 unspecified atom stereocenters. The molecule has 1 aromatic carbocycles. The first-order valence-electron chi connectivity index (χ1n) is 8.68. The lowest BCUT2D eigenvalue weighted by Crippen LogP contribution is -2.15. The standard InChI is InChI=1S/C19H20FN5O3/c1-12-18(13(2)25(22-12)11-14-4-3-5-15(20)10-14)21-19(28)16-6-8-24(23-16)9-7-17(26)27/h3-6,8,10H,7,9,11H2,1-2H3,(H,21,28)(H,26,27). The van der Waals surface area contributed by atoms with Gasteiger partial charge in [-0.3, -0.25) is 19.0 Å². The maximum atomic E-state index is 13.4. The van der Waals surface area contributed by atoms with E-state index >= 15 is 0 Å². The van der Waals surface area contributed by atoms with Crippen LogP contribution in [0.4, 0.5) is 10.1 Å². The summed E-state index contributed by atoms with van der Waals surface area (Å²) >= 11 is 0. The molecule has 2 N–H and O–H groups in total. The minimum atomic E-state index is -0.932. The third-order valence-electron chi connectivity index (χ3n) is 4.27. The summed E-state index contributed by atoms with van der Waals surface area (Å²) in [5.41, 5.74) is 2.89. The summed E-state index contributed by atoms with van der Waals surface area (Å²) in [4.78, 5) is 23.1. The molecule has 0 aliphatic heterocycles. The Morgan fingerprint density at radius 1 is 1.21 bits per heavy atom. The number of aromatic nitrogens is 4. The molecular formula is C19H20FN5O3. The van der Waals surface area contributed by atoms with Gasteiger partial charge in [0.2, 0.25) is 0 Å². The number of benzene rings is 1. The Labute approximate surface area is 160 Å². The van der Waals surface area contributed by atoms with Gasteiger partial charge in [-0.1, -0.05) is 12.1 Å². The van der Waals surface area contributed by atoms with Crippen LogP contribution in [0.3, 0.4) is 0 Å². The van der Waals surface area contributed by atoms with E-state index in [1.165, 1.54) is 22.9 Å². The van der Waals surface area contributed by atoms with Gasteiger partial charge in [0.15, 0.2) is 5.69 Å². The van der Waals surface area contributed by atoms with Crippen molar-refractivity contribution in [2.45, 2.75) is 33.4 Å². The molecule has 2 heterocycles. The molecule has 2 aromatic heterocycles. The number of anilines is 1. The van der Waals surface area contributed by atoms with Gasteiger partial charge in [0.25, 0.3) is 5.91 Å². The normalized spacial score (nSPS) is 10.8. The van der Waals surface area contributed by atoms with Crippen molar-refractivity contribution in [3.63, 3.8) is 0 Å². The molecular weight excluding hydrogens is 365 g/mol. The second-order valence-electron chi connectivity index (χ2n) is 6.40. The first kappa shape index (κ1) is 19.3. The van der Waals surface area contributed by atoms with Crippen LogP contribution in [0.1, 0.15) is 33.9 Å². The number of rotatable bonds is 7. The summed E-state index contributed by atoms with van der Waals surface area (Å²) in [5, 5.41) is 20.0. The Morgan fingerprint density at radius 3 is 2.71 bits per heavy atom. The van der Waals surface area contributed by atoms with Crippen LogP contribution in [-0.4, -0.2) is 36.5 Å². The number of aliphatic carboxylic acids is 1. The summed E-state index contributed by atoms with van der Waals surface area (Å²) in [5.74, 6) is -1.66. The van der Waals surface area contributed by atoms with Crippen molar-refractivity contribution in [2.75, 3.05) is 5.32 Å². The number of carboxylic acids is 1. The fourth-order valence-corrected chi connectivity index (χ4v) is 2.84. The van der Waals surface area contributed by atoms with E-state index in [9.17, 15) is 14.0 Å². The maximum absolute atomic E-state index is 13.4. The molecule has 8 nitrogen and oxygen atoms in total. The fourth-order valence-electron chi connectivity index (χ4n) is 2.84. The number of carboxylic acid groups (broad SMARTS) is 1. The highest BCUT2D eigenvalue weighted by atomic mass is 19.1. The van der Waals surface area contributed by atoms with E-state index in [1.54, 1.807) is 23.9 Å². The average molecular weight is 385 g/mol. The van der Waals surface area contributed by atoms with Crippen molar-refractivity contribution < 1.29 is 19.1 Å². The molecule has 0 bridgehead atoms. The van der Waals surface area contributed by atoms with Crippen LogP contribution in [0.25, 0.3) is 0 Å². The quantitative estimate of drug-likeness (QED) is 0.651. The molecule has 0 spiro atoms. The molecule has 146 valence electrons. The van der Waals surface area contributed by atoms with Gasteiger partial charge in [0.1, 0.15) is 5.82 Å². The number of hydrogen-bond acceptors (Lipinski definition) is 4. The molecule has 0 saturated carbocycles. The lowest BCUT2D eigenvalue weighted by Gasteiger charge is -2.07. The van der Waals surface area contributed by atoms with Crippen molar-refractivity contribution in [3.05, 3.63) is 65.0 Å². The van der Waals surface area contributed by atoms with Crippen molar-refractivity contribution in [1.82, 2.24) is 19.6 Å². The van der Waals surface area contributed by atoms with Gasteiger partial charge in [-0.15, -0.1) is 0 Å². The summed E-state index contributed by atoms with van der Waals surface area (Å²) in [7, 11) is 0. The predicted octanol–water partition coefficient (Wildman–Crippen LogP) is 2.61. The topological polar surface area (TPSA) is 102 Å². The van der Waals surface area contributed by atoms with Gasteiger partial charge < -0.3 is 10.4 Å². The highest BCUT2D eigenvalue weighted by Gasteiger charge is 2.17. The zero-order valence-corrected chi connectivity index (χ0v) is 15.5. The van der Waals surface area contributed by atoms with Gasteiger partial charge in [-0.2, -0.15) is 10.2 Å². The minimum absolute atomic E-state index is 0.0756. The zero-order valence-electron chi connectivity index (χ0n) is 15.5. The highest BCUT2D eigenvalue weighted by Crippen LogP contribution is 2.21. The molecule has 28 heavy (non-hydrogen) atoms. The number of carbonyl (C=O) groups excluding carboxylic acids is 1. The summed E-state index contributed by atoms with van der Waals surface area (Å²) in [6.45, 7) is 4.16. The Hall–Kier alpha value is -3.49. The summed E-state index contributed by atoms with van der Waals surface area (Å²) in [6.07, 6.45) is 1.48. The molecule has 0 saturated heterocycles. The maximum Gasteiger partial charge on any atom is 0.305 e. The van der Waals surface area contributed by atoms with Crippen LogP contribution in [0, 0.1) is 19.7 Å². The number of nitrogens with zero attached hydrogens (tertiary/aromatic N) is 4. The van der Waals surface area contributed by atoms with Gasteiger partial charge in [0, 0.05) is 6.20 Å². The van der Waals surface area contributed by atoms with Gasteiger partial charge in [-0.25, -0.2) is 4.39 Å². The zero-order chi connectivity index (χ0) is 20.3. The lowest BCUT2D eigenvalue weighted by molar-refractivity contribution is -0.137. The van der Waals surface area contributed by atoms with E-state index in [0.29, 0.717) is 17.9 Å². The Bertz CT molecular complexity index is 1020. The number of hydrogen-bond donors (Lipinski definition) is 2. The van der Waals surface area contributed by atoms with Crippen molar-refractivity contribution in [1.29, 1.82) is 0 Å². The van der Waals surface area contributed by atoms with Crippen LogP contribution >= 0.6 is 0 Å². The summed E-state index contributed by atoms with van der Waals surface area (Å²) in [6, 6.07) is 7.80. The Kier molecular flexibility index (Phi) is 5.53. The van der Waals surface area contributed by atoms with Crippen LogP contribution in [0.2, 0.25) is 0 Å². The second kappa shape index (κ2) is 8.03. The van der Waals surface area contributed by atoms with E-state index in [-0.39, 0.29) is 24.5 Å². The van der Waals surface area contributed by atoms with Crippen molar-refractivity contribution >= 4 is 17.6 Å². The molecule has 0 radical (unpaired) electrons. The molecule has 9 heteroatoms. The van der Waals surface area contributed by atoms with E-state index in [1.807, 2.05) is 13.0 Å². The third-order valence-corrected chi connectivity index (χ3v) is 4.27. The molecule has 3 aromatic rings. The number of halogens is 1. The second-order valence-corrected chi connectivity index (χ2v) is 6.40. The van der Waals surface area contributed by atoms with E-state index in [2.05, 4.69) is 15.5 Å². The van der Waals surface area contributed by atoms with Crippen LogP contribution < -0.4 is 5.32 Å². The van der Waals surface area contributed by atoms with Gasteiger partial charge in [0.05, 0.1) is 36.6 Å². The molecule has 0 aliphatic rings. The molecule has 0 aliphatic carbocycles. The van der Waals surface area contributed by atoms with Crippen molar-refractivity contribution in [2.24, 2.45) is 0 Å². The van der Waals surface area contributed by atoms with Crippen LogP contribution in [0.15, 0.2) is 36.5 Å². The Balaban J connectivity index is 1.73. The first-order valence-corrected chi connectivity index (χ1v) is 8.68. The van der Waals surface area contributed by atoms with Crippen molar-refractivity contribution in [3.8, 4) is 0 Å². The van der Waals surface area contributed by atoms with Gasteiger partial charge >= 0.3 is 5.97 Å². The van der Waals surface area contributed by atoms with E-state index in [4.69, 9.17) is 5.11 Å². The number of carbonyl (C=O) groups is 2. The van der Waals surface area contributed by atoms with E-state index in [0.717, 1.165) is 11.3 Å². The Morgan fingerprint density at radius 2 is 2.00 bits per heavy atom. The predicted molar refractivity (Wildman–Crippen MR) is 99.6 cm³/mol. The third kappa shape index (κ3) is 4.43. The van der Waals surface area contributed by atoms with Crippen LogP contribution in [-0.2, 0) is 17.9 Å². The fraction of sp³-hybridized carbons (Fsp3) is 0.263. The summed E-state index contributed by atoms with van der Waals surface area (Å²) < 4.78 is 16.5. The largest absolute Gasteiger partial charge is 0.481 e. The first-order chi connectivity index (χ1) is 13.3. The molecule has 1 amide bonds. The highest BCUT2D eigenvalue weighted by molar-refractivity contribution is 6.03. The number of aryl methyl sites for hydroxylation is 2. The monoisotopic (exact) mass is 385 g/mol. The lowest BCUT2D eigenvalue weighted by atomic mass is 10.2. The smallest absolute Gasteiger partial charge is 0.305 e. The SMILES string of the molecule is Cc1nn(Cc2cccc(F)c2)c(C)c1NC(=O)c1ccn(CCC(=O)O)n1. The number of nitrogens with one attached hydrogen (secondary N) is 1.